The number of methoxy groups -OCH3 is 1. The summed E-state index contributed by atoms with van der Waals surface area (Å²) in [4.78, 5) is 2.59. The zero-order chi connectivity index (χ0) is 14.4. The van der Waals surface area contributed by atoms with Crippen LogP contribution in [-0.2, 0) is 13.1 Å². The zero-order valence-corrected chi connectivity index (χ0v) is 13.1. The summed E-state index contributed by atoms with van der Waals surface area (Å²) in [6.45, 7) is 8.59. The molecule has 1 fully saturated rings. The van der Waals surface area contributed by atoms with E-state index in [1.165, 1.54) is 36.9 Å². The highest BCUT2D eigenvalue weighted by molar-refractivity contribution is 5.37. The number of nitrogens with one attached hydrogen (secondary N) is 1. The lowest BCUT2D eigenvalue weighted by atomic mass is 10.0. The van der Waals surface area contributed by atoms with Gasteiger partial charge in [-0.05, 0) is 44.5 Å². The molecule has 1 heterocycles. The molecule has 1 aromatic rings. The highest BCUT2D eigenvalue weighted by Crippen LogP contribution is 2.24. The molecule has 0 spiro atoms. The first-order valence-corrected chi connectivity index (χ1v) is 7.85. The molecule has 1 N–H and O–H groups in total. The van der Waals surface area contributed by atoms with Gasteiger partial charge in [0.25, 0.3) is 0 Å². The molecule has 1 unspecified atom stereocenters. The van der Waals surface area contributed by atoms with Crippen molar-refractivity contribution in [2.24, 2.45) is 0 Å². The van der Waals surface area contributed by atoms with Crippen LogP contribution in [0.1, 0.15) is 44.2 Å². The van der Waals surface area contributed by atoms with Crippen molar-refractivity contribution in [3.8, 4) is 5.75 Å². The van der Waals surface area contributed by atoms with E-state index in [0.29, 0.717) is 6.04 Å². The predicted octanol–water partition coefficient (Wildman–Crippen LogP) is 3.18. The summed E-state index contributed by atoms with van der Waals surface area (Å²) >= 11 is 0. The minimum Gasteiger partial charge on any atom is -0.496 e. The number of hydrogen-bond acceptors (Lipinski definition) is 3. The Bertz CT molecular complexity index is 419. The average Bonchev–Trinajstić information content (AvgIpc) is 2.48. The number of benzene rings is 1. The minimum atomic E-state index is 0.705. The topological polar surface area (TPSA) is 24.5 Å². The van der Waals surface area contributed by atoms with Gasteiger partial charge in [0.2, 0.25) is 0 Å². The van der Waals surface area contributed by atoms with Gasteiger partial charge in [0.15, 0.2) is 0 Å². The van der Waals surface area contributed by atoms with Gasteiger partial charge in [-0.3, -0.25) is 4.90 Å². The lowest BCUT2D eigenvalue weighted by Gasteiger charge is -2.33. The van der Waals surface area contributed by atoms with Crippen LogP contribution in [0, 0.1) is 0 Å². The summed E-state index contributed by atoms with van der Waals surface area (Å²) in [6.07, 6.45) is 4.04. The third kappa shape index (κ3) is 3.97. The lowest BCUT2D eigenvalue weighted by molar-refractivity contribution is 0.152. The molecular weight excluding hydrogens is 248 g/mol. The predicted molar refractivity (Wildman–Crippen MR) is 84.1 cm³/mol. The maximum absolute atomic E-state index is 5.54. The van der Waals surface area contributed by atoms with Crippen LogP contribution in [0.4, 0.5) is 0 Å². The molecule has 112 valence electrons. The van der Waals surface area contributed by atoms with E-state index in [9.17, 15) is 0 Å². The Morgan fingerprint density at radius 2 is 2.20 bits per heavy atom. The van der Waals surface area contributed by atoms with Gasteiger partial charge in [0.1, 0.15) is 5.75 Å². The highest BCUT2D eigenvalue weighted by Gasteiger charge is 2.18. The fourth-order valence-corrected chi connectivity index (χ4v) is 2.92. The number of likely N-dealkylation sites (tertiary alicyclic amines) is 1. The highest BCUT2D eigenvalue weighted by atomic mass is 16.5. The Kier molecular flexibility index (Phi) is 5.86. The molecule has 2 rings (SSSR count). The first-order chi connectivity index (χ1) is 9.74. The Hall–Kier alpha value is -1.06. The number of piperidine rings is 1. The van der Waals surface area contributed by atoms with Crippen molar-refractivity contribution in [2.45, 2.75) is 52.2 Å². The van der Waals surface area contributed by atoms with E-state index < -0.39 is 0 Å². The normalized spacial score (nSPS) is 20.1. The summed E-state index contributed by atoms with van der Waals surface area (Å²) in [5, 5.41) is 3.36. The summed E-state index contributed by atoms with van der Waals surface area (Å²) in [5.74, 6) is 1.01. The average molecular weight is 276 g/mol. The van der Waals surface area contributed by atoms with Crippen molar-refractivity contribution < 1.29 is 4.74 Å². The van der Waals surface area contributed by atoms with Crippen LogP contribution in [-0.4, -0.2) is 31.1 Å². The zero-order valence-electron chi connectivity index (χ0n) is 13.1. The van der Waals surface area contributed by atoms with Gasteiger partial charge in [-0.15, -0.1) is 0 Å². The molecule has 0 amide bonds. The Morgan fingerprint density at radius 1 is 1.35 bits per heavy atom. The summed E-state index contributed by atoms with van der Waals surface area (Å²) in [6, 6.07) is 7.35. The summed E-state index contributed by atoms with van der Waals surface area (Å²) in [7, 11) is 1.76. The lowest BCUT2D eigenvalue weighted by Crippen LogP contribution is -2.36. The molecule has 0 bridgehead atoms. The van der Waals surface area contributed by atoms with Crippen LogP contribution in [0.5, 0.6) is 5.75 Å². The monoisotopic (exact) mass is 276 g/mol. The van der Waals surface area contributed by atoms with E-state index in [-0.39, 0.29) is 0 Å². The molecule has 1 saturated heterocycles. The van der Waals surface area contributed by atoms with Gasteiger partial charge in [0.05, 0.1) is 7.11 Å². The number of hydrogen-bond donors (Lipinski definition) is 1. The molecule has 0 aromatic heterocycles. The van der Waals surface area contributed by atoms with Crippen LogP contribution >= 0.6 is 0 Å². The van der Waals surface area contributed by atoms with Crippen molar-refractivity contribution in [3.63, 3.8) is 0 Å². The second-order valence-corrected chi connectivity index (χ2v) is 5.74. The molecule has 3 heteroatoms. The molecule has 1 aliphatic rings. The third-order valence-electron chi connectivity index (χ3n) is 4.24. The quantitative estimate of drug-likeness (QED) is 0.863. The molecular formula is C17H28N2O. The van der Waals surface area contributed by atoms with E-state index in [0.717, 1.165) is 25.4 Å². The van der Waals surface area contributed by atoms with Gasteiger partial charge >= 0.3 is 0 Å². The van der Waals surface area contributed by atoms with Gasteiger partial charge in [-0.2, -0.15) is 0 Å². The van der Waals surface area contributed by atoms with Crippen molar-refractivity contribution in [3.05, 3.63) is 29.3 Å². The SMILES string of the molecule is CCNCc1ccc(CN2CCCCC2C)cc1OC. The Labute approximate surface area is 123 Å². The van der Waals surface area contributed by atoms with Crippen LogP contribution in [0.3, 0.4) is 0 Å². The maximum Gasteiger partial charge on any atom is 0.123 e. The van der Waals surface area contributed by atoms with Gasteiger partial charge in [-0.25, -0.2) is 0 Å². The standard InChI is InChI=1S/C17H28N2O/c1-4-18-12-16-9-8-15(11-17(16)20-3)13-19-10-6-5-7-14(19)2/h8-9,11,14,18H,4-7,10,12-13H2,1-3H3. The molecule has 0 radical (unpaired) electrons. The number of ether oxygens (including phenoxy) is 1. The van der Waals surface area contributed by atoms with Crippen LogP contribution in [0.25, 0.3) is 0 Å². The van der Waals surface area contributed by atoms with Crippen molar-refractivity contribution in [1.29, 1.82) is 0 Å². The van der Waals surface area contributed by atoms with E-state index in [2.05, 4.69) is 42.3 Å². The van der Waals surface area contributed by atoms with Gasteiger partial charge in [-0.1, -0.05) is 25.5 Å². The second kappa shape index (κ2) is 7.65. The van der Waals surface area contributed by atoms with Crippen molar-refractivity contribution in [2.75, 3.05) is 20.2 Å². The van der Waals surface area contributed by atoms with E-state index >= 15 is 0 Å². The molecule has 20 heavy (non-hydrogen) atoms. The third-order valence-corrected chi connectivity index (χ3v) is 4.24. The molecule has 0 saturated carbocycles. The molecule has 1 atom stereocenters. The Morgan fingerprint density at radius 3 is 2.90 bits per heavy atom. The van der Waals surface area contributed by atoms with E-state index in [4.69, 9.17) is 4.74 Å². The largest absolute Gasteiger partial charge is 0.496 e. The fraction of sp³-hybridized carbons (Fsp3) is 0.647. The van der Waals surface area contributed by atoms with E-state index in [1.807, 2.05) is 0 Å². The fourth-order valence-electron chi connectivity index (χ4n) is 2.92. The van der Waals surface area contributed by atoms with Crippen LogP contribution in [0.2, 0.25) is 0 Å². The molecule has 0 aliphatic carbocycles. The number of nitrogens with zero attached hydrogens (tertiary/aromatic N) is 1. The Balaban J connectivity index is 2.04. The summed E-state index contributed by atoms with van der Waals surface area (Å²) in [5.41, 5.74) is 2.60. The van der Waals surface area contributed by atoms with Crippen LogP contribution < -0.4 is 10.1 Å². The summed E-state index contributed by atoms with van der Waals surface area (Å²) < 4.78 is 5.54. The van der Waals surface area contributed by atoms with Crippen molar-refractivity contribution >= 4 is 0 Å². The smallest absolute Gasteiger partial charge is 0.123 e. The van der Waals surface area contributed by atoms with Gasteiger partial charge < -0.3 is 10.1 Å². The van der Waals surface area contributed by atoms with Gasteiger partial charge in [0, 0.05) is 24.7 Å². The van der Waals surface area contributed by atoms with Crippen molar-refractivity contribution in [1.82, 2.24) is 10.2 Å². The minimum absolute atomic E-state index is 0.705. The second-order valence-electron chi connectivity index (χ2n) is 5.74. The first-order valence-electron chi connectivity index (χ1n) is 7.85. The van der Waals surface area contributed by atoms with Crippen LogP contribution in [0.15, 0.2) is 18.2 Å². The molecule has 3 nitrogen and oxygen atoms in total. The molecule has 1 aliphatic heterocycles. The number of rotatable bonds is 6. The maximum atomic E-state index is 5.54. The molecule has 1 aromatic carbocycles. The first kappa shape index (κ1) is 15.3. The van der Waals surface area contributed by atoms with E-state index in [1.54, 1.807) is 7.11 Å².